The Morgan fingerprint density at radius 2 is 2.27 bits per heavy atom. The van der Waals surface area contributed by atoms with Gasteiger partial charge in [-0.3, -0.25) is 0 Å². The first-order valence-corrected chi connectivity index (χ1v) is 4.30. The Kier molecular flexibility index (Phi) is 1.56. The Balaban J connectivity index is 2.66. The molecular weight excluding hydrogens is 253 g/mol. The summed E-state index contributed by atoms with van der Waals surface area (Å²) in [6.45, 7) is 0.702. The minimum Gasteiger partial charge on any atom is -0.399 e. The fourth-order valence-electron chi connectivity index (χ4n) is 1.07. The lowest BCUT2D eigenvalue weighted by molar-refractivity contribution is 1.03. The number of benzene rings is 1. The smallest absolute Gasteiger partial charge is 0.0935 e. The van der Waals surface area contributed by atoms with Gasteiger partial charge in [0.15, 0.2) is 0 Å². The van der Waals surface area contributed by atoms with E-state index in [4.69, 9.17) is 5.73 Å². The minimum atomic E-state index is 0.702. The van der Waals surface area contributed by atoms with E-state index in [9.17, 15) is 0 Å². The summed E-state index contributed by atoms with van der Waals surface area (Å²) in [7, 11) is 0. The Labute approximate surface area is 77.8 Å². The van der Waals surface area contributed by atoms with Crippen LogP contribution in [0.25, 0.3) is 0 Å². The van der Waals surface area contributed by atoms with Crippen molar-refractivity contribution in [2.75, 3.05) is 5.73 Å². The van der Waals surface area contributed by atoms with E-state index < -0.39 is 0 Å². The first-order chi connectivity index (χ1) is 5.27. The molecule has 0 bridgehead atoms. The summed E-state index contributed by atoms with van der Waals surface area (Å²) in [6, 6.07) is 3.80. The largest absolute Gasteiger partial charge is 0.399 e. The van der Waals surface area contributed by atoms with Crippen molar-refractivity contribution < 1.29 is 0 Å². The van der Waals surface area contributed by atoms with Crippen LogP contribution in [0.1, 0.15) is 5.56 Å². The standard InChI is InChI=1S/C7H6IN3/c8-6-1-4(9)2-7-5(6)3-10-11-7/h1-2H,3,9H2. The molecule has 56 valence electrons. The quantitative estimate of drug-likeness (QED) is 0.564. The van der Waals surface area contributed by atoms with Gasteiger partial charge in [-0.25, -0.2) is 0 Å². The van der Waals surface area contributed by atoms with E-state index in [-0.39, 0.29) is 0 Å². The molecule has 0 aromatic heterocycles. The predicted octanol–water partition coefficient (Wildman–Crippen LogP) is 2.47. The number of hydrogen-bond donors (Lipinski definition) is 1. The van der Waals surface area contributed by atoms with Gasteiger partial charge in [0.1, 0.15) is 0 Å². The van der Waals surface area contributed by atoms with Crippen LogP contribution in [-0.4, -0.2) is 0 Å². The Morgan fingerprint density at radius 3 is 3.09 bits per heavy atom. The molecule has 0 aliphatic carbocycles. The highest BCUT2D eigenvalue weighted by Crippen LogP contribution is 2.32. The van der Waals surface area contributed by atoms with Crippen molar-refractivity contribution in [1.29, 1.82) is 0 Å². The second-order valence-electron chi connectivity index (χ2n) is 2.40. The van der Waals surface area contributed by atoms with Gasteiger partial charge in [-0.1, -0.05) is 0 Å². The topological polar surface area (TPSA) is 50.7 Å². The molecule has 11 heavy (non-hydrogen) atoms. The van der Waals surface area contributed by atoms with E-state index in [0.717, 1.165) is 14.9 Å². The molecule has 2 rings (SSSR count). The zero-order valence-corrected chi connectivity index (χ0v) is 7.87. The highest BCUT2D eigenvalue weighted by Gasteiger charge is 2.11. The highest BCUT2D eigenvalue weighted by molar-refractivity contribution is 14.1. The van der Waals surface area contributed by atoms with Crippen molar-refractivity contribution in [3.05, 3.63) is 21.3 Å². The molecule has 2 N–H and O–H groups in total. The highest BCUT2D eigenvalue weighted by atomic mass is 127. The van der Waals surface area contributed by atoms with Gasteiger partial charge in [0, 0.05) is 14.8 Å². The SMILES string of the molecule is Nc1cc(I)c2c(c1)N=NC2. The second kappa shape index (κ2) is 2.44. The van der Waals surface area contributed by atoms with Crippen molar-refractivity contribution in [3.8, 4) is 0 Å². The average molecular weight is 259 g/mol. The molecule has 1 aliphatic rings. The first kappa shape index (κ1) is 7.02. The summed E-state index contributed by atoms with van der Waals surface area (Å²) in [5.41, 5.74) is 8.50. The third kappa shape index (κ3) is 1.11. The average Bonchev–Trinajstić information content (AvgIpc) is 2.34. The van der Waals surface area contributed by atoms with Crippen LogP contribution in [0.4, 0.5) is 11.4 Å². The lowest BCUT2D eigenvalue weighted by atomic mass is 10.2. The number of rotatable bonds is 0. The monoisotopic (exact) mass is 259 g/mol. The van der Waals surface area contributed by atoms with Gasteiger partial charge in [-0.15, -0.1) is 0 Å². The van der Waals surface area contributed by atoms with E-state index in [1.165, 1.54) is 5.56 Å². The summed E-state index contributed by atoms with van der Waals surface area (Å²) in [4.78, 5) is 0. The van der Waals surface area contributed by atoms with Crippen molar-refractivity contribution in [2.45, 2.75) is 6.54 Å². The number of fused-ring (bicyclic) bond motifs is 1. The second-order valence-corrected chi connectivity index (χ2v) is 3.56. The number of azo groups is 1. The number of halogens is 1. The molecule has 0 radical (unpaired) electrons. The van der Waals surface area contributed by atoms with Gasteiger partial charge in [0.05, 0.1) is 12.2 Å². The number of anilines is 1. The zero-order valence-electron chi connectivity index (χ0n) is 5.71. The number of nitrogens with zero attached hydrogens (tertiary/aromatic N) is 2. The van der Waals surface area contributed by atoms with Crippen LogP contribution in [-0.2, 0) is 6.54 Å². The molecule has 1 aromatic carbocycles. The third-order valence-corrected chi connectivity index (χ3v) is 2.56. The van der Waals surface area contributed by atoms with Gasteiger partial charge in [-0.2, -0.15) is 10.2 Å². The fourth-order valence-corrected chi connectivity index (χ4v) is 1.88. The summed E-state index contributed by atoms with van der Waals surface area (Å²) < 4.78 is 1.16. The maximum absolute atomic E-state index is 5.63. The van der Waals surface area contributed by atoms with Crippen LogP contribution >= 0.6 is 22.6 Å². The van der Waals surface area contributed by atoms with E-state index in [1.807, 2.05) is 12.1 Å². The van der Waals surface area contributed by atoms with Gasteiger partial charge >= 0.3 is 0 Å². The number of nitrogens with two attached hydrogens (primary N) is 1. The first-order valence-electron chi connectivity index (χ1n) is 3.23. The molecule has 0 atom stereocenters. The van der Waals surface area contributed by atoms with Gasteiger partial charge in [0.25, 0.3) is 0 Å². The van der Waals surface area contributed by atoms with Crippen LogP contribution in [0, 0.1) is 3.57 Å². The molecule has 3 nitrogen and oxygen atoms in total. The molecular formula is C7H6IN3. The maximum atomic E-state index is 5.63. The van der Waals surface area contributed by atoms with Gasteiger partial charge in [0.2, 0.25) is 0 Å². The predicted molar refractivity (Wildman–Crippen MR) is 51.8 cm³/mol. The zero-order chi connectivity index (χ0) is 7.84. The van der Waals surface area contributed by atoms with E-state index >= 15 is 0 Å². The molecule has 0 spiro atoms. The van der Waals surface area contributed by atoms with Crippen molar-refractivity contribution >= 4 is 34.0 Å². The minimum absolute atomic E-state index is 0.702. The molecule has 1 aliphatic heterocycles. The van der Waals surface area contributed by atoms with Gasteiger partial charge in [-0.05, 0) is 34.7 Å². The Hall–Kier alpha value is -0.650. The summed E-state index contributed by atoms with van der Waals surface area (Å²) in [6.07, 6.45) is 0. The van der Waals surface area contributed by atoms with E-state index in [1.54, 1.807) is 0 Å². The van der Waals surface area contributed by atoms with Crippen molar-refractivity contribution in [3.63, 3.8) is 0 Å². The Bertz CT molecular complexity index is 333. The number of hydrogen-bond acceptors (Lipinski definition) is 3. The van der Waals surface area contributed by atoms with E-state index in [0.29, 0.717) is 6.54 Å². The van der Waals surface area contributed by atoms with Crippen LogP contribution in [0.15, 0.2) is 22.4 Å². The molecule has 1 heterocycles. The third-order valence-electron chi connectivity index (χ3n) is 1.60. The van der Waals surface area contributed by atoms with Crippen LogP contribution in [0.5, 0.6) is 0 Å². The van der Waals surface area contributed by atoms with Gasteiger partial charge < -0.3 is 5.73 Å². The fraction of sp³-hybridized carbons (Fsp3) is 0.143. The normalized spacial score (nSPS) is 13.5. The summed E-state index contributed by atoms with van der Waals surface area (Å²) >= 11 is 2.25. The molecule has 0 fully saturated rings. The van der Waals surface area contributed by atoms with Crippen LogP contribution < -0.4 is 5.73 Å². The van der Waals surface area contributed by atoms with E-state index in [2.05, 4.69) is 32.8 Å². The van der Waals surface area contributed by atoms with Crippen LogP contribution in [0.2, 0.25) is 0 Å². The van der Waals surface area contributed by atoms with Crippen molar-refractivity contribution in [1.82, 2.24) is 0 Å². The van der Waals surface area contributed by atoms with Crippen molar-refractivity contribution in [2.24, 2.45) is 10.2 Å². The molecule has 0 saturated carbocycles. The molecule has 0 unspecified atom stereocenters. The van der Waals surface area contributed by atoms with Crippen LogP contribution in [0.3, 0.4) is 0 Å². The lowest BCUT2D eigenvalue weighted by Crippen LogP contribution is -1.88. The molecule has 4 heteroatoms. The number of nitrogen functional groups attached to an aromatic ring is 1. The summed E-state index contributed by atoms with van der Waals surface area (Å²) in [5, 5.41) is 7.88. The maximum Gasteiger partial charge on any atom is 0.0935 e. The summed E-state index contributed by atoms with van der Waals surface area (Å²) in [5.74, 6) is 0. The molecule has 1 aromatic rings. The lowest BCUT2D eigenvalue weighted by Gasteiger charge is -2.00. The molecule has 0 saturated heterocycles. The Morgan fingerprint density at radius 1 is 1.45 bits per heavy atom. The molecule has 0 amide bonds.